The van der Waals surface area contributed by atoms with Crippen LogP contribution < -0.4 is 25.6 Å². The Morgan fingerprint density at radius 2 is 2.00 bits per heavy atom. The van der Waals surface area contributed by atoms with Gasteiger partial charge in [-0.2, -0.15) is 4.98 Å². The van der Waals surface area contributed by atoms with Gasteiger partial charge in [0.2, 0.25) is 17.7 Å². The second-order valence-corrected chi connectivity index (χ2v) is 11.7. The van der Waals surface area contributed by atoms with Crippen LogP contribution >= 0.6 is 11.6 Å². The summed E-state index contributed by atoms with van der Waals surface area (Å²) in [5.74, 6) is 0.529. The molecular formula is C27H33ClN6O6. The monoisotopic (exact) mass is 572 g/mol. The Bertz CT molecular complexity index is 1270. The van der Waals surface area contributed by atoms with Crippen LogP contribution in [0.2, 0.25) is 5.02 Å². The summed E-state index contributed by atoms with van der Waals surface area (Å²) in [6.07, 6.45) is 1.40. The van der Waals surface area contributed by atoms with Gasteiger partial charge < -0.3 is 44.5 Å². The van der Waals surface area contributed by atoms with Crippen LogP contribution in [0, 0.1) is 11.3 Å². The molecule has 214 valence electrons. The number of carbonyl (C=O) groups is 1. The molecule has 1 aromatic heterocycles. The van der Waals surface area contributed by atoms with Crippen molar-refractivity contribution < 1.29 is 28.5 Å². The molecule has 1 aromatic carbocycles. The molecule has 2 aromatic rings. The lowest BCUT2D eigenvalue weighted by atomic mass is 9.77. The molecule has 5 aliphatic rings. The summed E-state index contributed by atoms with van der Waals surface area (Å²) in [6.45, 7) is 5.76. The molecule has 12 nitrogen and oxygen atoms in total. The van der Waals surface area contributed by atoms with Gasteiger partial charge >= 0.3 is 0 Å². The van der Waals surface area contributed by atoms with Crippen LogP contribution in [0.15, 0.2) is 24.4 Å². The minimum atomic E-state index is -0.363. The van der Waals surface area contributed by atoms with E-state index in [1.54, 1.807) is 7.11 Å². The van der Waals surface area contributed by atoms with Crippen molar-refractivity contribution in [2.45, 2.75) is 30.8 Å². The average molecular weight is 573 g/mol. The van der Waals surface area contributed by atoms with Crippen molar-refractivity contribution in [2.24, 2.45) is 11.3 Å². The number of halogens is 1. The predicted molar refractivity (Wildman–Crippen MR) is 147 cm³/mol. The topological polar surface area (TPSA) is 128 Å². The first-order chi connectivity index (χ1) is 19.5. The highest BCUT2D eigenvalue weighted by atomic mass is 35.5. The number of nitrogens with one attached hydrogen (secondary N) is 3. The van der Waals surface area contributed by atoms with Crippen LogP contribution in [-0.2, 0) is 23.7 Å². The molecule has 1 spiro atoms. The summed E-state index contributed by atoms with van der Waals surface area (Å²) in [4.78, 5) is 24.2. The maximum absolute atomic E-state index is 13.0. The number of amides is 1. The molecule has 5 aliphatic heterocycles. The predicted octanol–water partition coefficient (Wildman–Crippen LogP) is 1.82. The standard InChI is InChI=1S/C27H33ClN6O6/c1-36-20-9-38-23-21(10-39-22(20)23)40-25-17(28)8-30-26(33-25)31-16-2-3-19(34-11-27(12-34)13-37-14-27)18(6-16)32-24(35)15-4-5-29-7-15/h2-3,6,8,15,20-23,29H,4-5,7,9-14H2,1H3,(H,32,35)(H,30,31,33)/t15?,20-,21-,22-,23-/m1/s1. The van der Waals surface area contributed by atoms with Crippen molar-refractivity contribution in [2.75, 3.05) is 75.2 Å². The number of fused-ring (bicyclic) bond motifs is 1. The molecule has 7 rings (SSSR count). The zero-order valence-corrected chi connectivity index (χ0v) is 23.0. The van der Waals surface area contributed by atoms with Gasteiger partial charge in [0, 0.05) is 32.4 Å². The Balaban J connectivity index is 1.08. The molecule has 0 saturated carbocycles. The quantitative estimate of drug-likeness (QED) is 0.428. The minimum absolute atomic E-state index is 0.0194. The Morgan fingerprint density at radius 3 is 2.73 bits per heavy atom. The fourth-order valence-corrected chi connectivity index (χ4v) is 6.24. The first-order valence-electron chi connectivity index (χ1n) is 13.7. The molecule has 1 unspecified atom stereocenters. The van der Waals surface area contributed by atoms with Crippen molar-refractivity contribution in [3.05, 3.63) is 29.4 Å². The summed E-state index contributed by atoms with van der Waals surface area (Å²) in [7, 11) is 1.64. The van der Waals surface area contributed by atoms with Crippen LogP contribution in [0.25, 0.3) is 0 Å². The van der Waals surface area contributed by atoms with Gasteiger partial charge in [-0.1, -0.05) is 11.6 Å². The highest BCUT2D eigenvalue weighted by Crippen LogP contribution is 2.43. The summed E-state index contributed by atoms with van der Waals surface area (Å²) in [6, 6.07) is 5.89. The number of benzene rings is 1. The molecule has 5 saturated heterocycles. The third-order valence-corrected chi connectivity index (χ3v) is 8.65. The Kier molecular flexibility index (Phi) is 6.93. The van der Waals surface area contributed by atoms with E-state index >= 15 is 0 Å². The Morgan fingerprint density at radius 1 is 1.20 bits per heavy atom. The van der Waals surface area contributed by atoms with Gasteiger partial charge in [0.1, 0.15) is 23.3 Å². The number of nitrogens with zero attached hydrogens (tertiary/aromatic N) is 3. The van der Waals surface area contributed by atoms with Gasteiger partial charge in [-0.05, 0) is 31.2 Å². The van der Waals surface area contributed by atoms with E-state index in [2.05, 4.69) is 30.8 Å². The SMILES string of the molecule is CO[C@@H]1CO[C@H]2[C@@H]1OC[C@H]2Oc1nc(Nc2ccc(N3CC4(COC4)C3)c(NC(=O)C3CCNC3)c2)ncc1Cl. The lowest BCUT2D eigenvalue weighted by molar-refractivity contribution is -0.127. The van der Waals surface area contributed by atoms with Crippen LogP contribution in [0.4, 0.5) is 23.0 Å². The Hall–Kier alpha value is -2.74. The van der Waals surface area contributed by atoms with E-state index in [1.165, 1.54) is 6.20 Å². The van der Waals surface area contributed by atoms with E-state index in [0.717, 1.165) is 56.3 Å². The highest BCUT2D eigenvalue weighted by Gasteiger charge is 2.50. The Labute approximate surface area is 237 Å². The van der Waals surface area contributed by atoms with Gasteiger partial charge in [-0.25, -0.2) is 4.98 Å². The number of methoxy groups -OCH3 is 1. The number of hydrogen-bond acceptors (Lipinski definition) is 11. The van der Waals surface area contributed by atoms with Crippen molar-refractivity contribution in [1.82, 2.24) is 15.3 Å². The largest absolute Gasteiger partial charge is 0.468 e. The molecular weight excluding hydrogens is 540 g/mol. The maximum Gasteiger partial charge on any atom is 0.237 e. The number of aromatic nitrogens is 2. The second-order valence-electron chi connectivity index (χ2n) is 11.3. The van der Waals surface area contributed by atoms with E-state index in [4.69, 9.17) is 35.3 Å². The zero-order chi connectivity index (χ0) is 27.3. The van der Waals surface area contributed by atoms with Crippen LogP contribution in [0.3, 0.4) is 0 Å². The van der Waals surface area contributed by atoms with Crippen LogP contribution in [-0.4, -0.2) is 100 Å². The summed E-state index contributed by atoms with van der Waals surface area (Å²) in [5, 5.41) is 9.96. The van der Waals surface area contributed by atoms with Crippen molar-refractivity contribution in [1.29, 1.82) is 0 Å². The van der Waals surface area contributed by atoms with Crippen molar-refractivity contribution in [3.8, 4) is 5.88 Å². The van der Waals surface area contributed by atoms with Gasteiger partial charge in [-0.3, -0.25) is 4.79 Å². The van der Waals surface area contributed by atoms with E-state index in [1.807, 2.05) is 18.2 Å². The summed E-state index contributed by atoms with van der Waals surface area (Å²) >= 11 is 6.39. The van der Waals surface area contributed by atoms with Gasteiger partial charge in [-0.15, -0.1) is 0 Å². The normalized spacial score (nSPS) is 30.1. The highest BCUT2D eigenvalue weighted by molar-refractivity contribution is 6.31. The number of rotatable bonds is 8. The van der Waals surface area contributed by atoms with E-state index < -0.39 is 0 Å². The first kappa shape index (κ1) is 26.2. The molecule has 3 N–H and O–H groups in total. The first-order valence-corrected chi connectivity index (χ1v) is 14.1. The van der Waals surface area contributed by atoms with Gasteiger partial charge in [0.05, 0.1) is 55.3 Å². The third kappa shape index (κ3) is 4.86. The van der Waals surface area contributed by atoms with Gasteiger partial charge in [0.15, 0.2) is 6.10 Å². The smallest absolute Gasteiger partial charge is 0.237 e. The molecule has 5 atom stereocenters. The number of hydrogen-bond donors (Lipinski definition) is 3. The van der Waals surface area contributed by atoms with E-state index in [9.17, 15) is 4.79 Å². The van der Waals surface area contributed by atoms with Crippen LogP contribution in [0.1, 0.15) is 6.42 Å². The molecule has 1 amide bonds. The van der Waals surface area contributed by atoms with E-state index in [0.29, 0.717) is 25.7 Å². The molecule has 6 heterocycles. The average Bonchev–Trinajstić information content (AvgIpc) is 3.65. The van der Waals surface area contributed by atoms with Crippen molar-refractivity contribution in [3.63, 3.8) is 0 Å². The molecule has 0 radical (unpaired) electrons. The second kappa shape index (κ2) is 10.6. The lowest BCUT2D eigenvalue weighted by Crippen LogP contribution is -2.66. The maximum atomic E-state index is 13.0. The van der Waals surface area contributed by atoms with Crippen LogP contribution in [0.5, 0.6) is 5.88 Å². The summed E-state index contributed by atoms with van der Waals surface area (Å²) in [5.41, 5.74) is 2.72. The molecule has 40 heavy (non-hydrogen) atoms. The molecule has 0 aliphatic carbocycles. The summed E-state index contributed by atoms with van der Waals surface area (Å²) < 4.78 is 28.7. The van der Waals surface area contributed by atoms with Crippen molar-refractivity contribution >= 4 is 40.5 Å². The van der Waals surface area contributed by atoms with Gasteiger partial charge in [0.25, 0.3) is 0 Å². The fraction of sp³-hybridized carbons (Fsp3) is 0.593. The van der Waals surface area contributed by atoms with E-state index in [-0.39, 0.29) is 52.6 Å². The molecule has 5 fully saturated rings. The number of carbonyl (C=O) groups excluding carboxylic acids is 1. The lowest BCUT2D eigenvalue weighted by Gasteiger charge is -2.56. The third-order valence-electron chi connectivity index (χ3n) is 8.39. The molecule has 0 bridgehead atoms. The molecule has 13 heteroatoms. The zero-order valence-electron chi connectivity index (χ0n) is 22.2. The fourth-order valence-electron chi connectivity index (χ4n) is 6.11. The minimum Gasteiger partial charge on any atom is -0.468 e. The number of ether oxygens (including phenoxy) is 5. The number of anilines is 4.